The van der Waals surface area contributed by atoms with E-state index in [1.165, 1.54) is 0 Å². The van der Waals surface area contributed by atoms with Gasteiger partial charge in [0.25, 0.3) is 0 Å². The highest BCUT2D eigenvalue weighted by atomic mass is 35.5. The molecule has 0 saturated carbocycles. The van der Waals surface area contributed by atoms with Gasteiger partial charge in [-0.2, -0.15) is 0 Å². The maximum absolute atomic E-state index is 15.4. The fraction of sp³-hybridized carbons (Fsp3) is 0.621. The van der Waals surface area contributed by atoms with Gasteiger partial charge < -0.3 is 34.5 Å². The fourth-order valence-electron chi connectivity index (χ4n) is 4.55. The first kappa shape index (κ1) is 37.0. The molecule has 5 atom stereocenters. The zero-order chi connectivity index (χ0) is 32.6. The Balaban J connectivity index is 1.84. The van der Waals surface area contributed by atoms with Gasteiger partial charge in [0, 0.05) is 70.7 Å². The van der Waals surface area contributed by atoms with E-state index in [2.05, 4.69) is 15.5 Å². The Kier molecular flexibility index (Phi) is 16.2. The van der Waals surface area contributed by atoms with Crippen LogP contribution in [-0.4, -0.2) is 98.4 Å². The molecule has 1 aliphatic rings. The van der Waals surface area contributed by atoms with Crippen LogP contribution in [0.25, 0.3) is 0 Å². The molecule has 0 spiro atoms. The predicted octanol–water partition coefficient (Wildman–Crippen LogP) is 2.41. The Morgan fingerprint density at radius 1 is 0.886 bits per heavy atom. The summed E-state index contributed by atoms with van der Waals surface area (Å²) < 4.78 is 36.0. The molecule has 15 heteroatoms. The largest absolute Gasteiger partial charge is 0.463 e. The summed E-state index contributed by atoms with van der Waals surface area (Å²) in [6, 6.07) is 7.98. The summed E-state index contributed by atoms with van der Waals surface area (Å²) in [6.07, 6.45) is -6.72. The van der Waals surface area contributed by atoms with Gasteiger partial charge in [-0.05, 0) is 30.5 Å². The number of nitrogens with zero attached hydrogens (tertiary/aromatic N) is 1. The molecule has 1 aromatic rings. The van der Waals surface area contributed by atoms with Crippen molar-refractivity contribution in [2.75, 3.05) is 42.9 Å². The quantitative estimate of drug-likeness (QED) is 0.145. The number of hydrogen-bond acceptors (Lipinski definition) is 10. The summed E-state index contributed by atoms with van der Waals surface area (Å²) in [6.45, 7) is 4.16. The molecule has 2 amide bonds. The number of benzene rings is 1. The number of anilines is 1. The van der Waals surface area contributed by atoms with Crippen LogP contribution in [0.3, 0.4) is 0 Å². The van der Waals surface area contributed by atoms with E-state index in [1.54, 1.807) is 0 Å². The van der Waals surface area contributed by atoms with Gasteiger partial charge in [-0.15, -0.1) is 23.2 Å². The molecule has 2 N–H and O–H groups in total. The molecule has 1 heterocycles. The fourth-order valence-corrected chi connectivity index (χ4v) is 4.95. The number of ether oxygens (including phenoxy) is 4. The third kappa shape index (κ3) is 12.8. The van der Waals surface area contributed by atoms with Crippen molar-refractivity contribution >= 4 is 58.6 Å². The minimum Gasteiger partial charge on any atom is -0.463 e. The number of hydrogen-bond donors (Lipinski definition) is 2. The van der Waals surface area contributed by atoms with E-state index in [1.807, 2.05) is 24.3 Å². The second-order valence-corrected chi connectivity index (χ2v) is 10.8. The molecule has 0 bridgehead atoms. The third-order valence-corrected chi connectivity index (χ3v) is 6.86. The summed E-state index contributed by atoms with van der Waals surface area (Å²) in [5, 5.41) is 5.01. The molecule has 1 saturated heterocycles. The minimum atomic E-state index is -2.12. The number of amides is 2. The molecular weight excluding hydrogens is 624 g/mol. The van der Waals surface area contributed by atoms with Gasteiger partial charge in [-0.3, -0.25) is 24.0 Å². The number of aryl methyl sites for hydroxylation is 1. The highest BCUT2D eigenvalue weighted by Crippen LogP contribution is 2.28. The molecule has 1 fully saturated rings. The lowest BCUT2D eigenvalue weighted by molar-refractivity contribution is -0.239. The highest BCUT2D eigenvalue weighted by molar-refractivity contribution is 6.18. The van der Waals surface area contributed by atoms with Crippen LogP contribution in [0.1, 0.15) is 45.6 Å². The molecule has 44 heavy (non-hydrogen) atoms. The normalized spacial score (nSPS) is 21.1. The molecule has 0 aliphatic carbocycles. The summed E-state index contributed by atoms with van der Waals surface area (Å²) in [5.41, 5.74) is 2.09. The van der Waals surface area contributed by atoms with Gasteiger partial charge >= 0.3 is 17.9 Å². The average molecular weight is 665 g/mol. The Morgan fingerprint density at radius 2 is 1.50 bits per heavy atom. The van der Waals surface area contributed by atoms with E-state index in [9.17, 15) is 24.0 Å². The molecule has 1 aliphatic heterocycles. The average Bonchev–Trinajstić information content (AvgIpc) is 2.95. The predicted molar refractivity (Wildman–Crippen MR) is 160 cm³/mol. The highest BCUT2D eigenvalue weighted by Gasteiger charge is 2.51. The monoisotopic (exact) mass is 663 g/mol. The van der Waals surface area contributed by atoms with Crippen molar-refractivity contribution in [1.29, 1.82) is 0 Å². The Bertz CT molecular complexity index is 1110. The maximum Gasteiger partial charge on any atom is 0.303 e. The zero-order valence-electron chi connectivity index (χ0n) is 25.0. The molecule has 1 aromatic carbocycles. The van der Waals surface area contributed by atoms with Crippen molar-refractivity contribution in [2.45, 2.75) is 77.2 Å². The van der Waals surface area contributed by atoms with E-state index in [0.29, 0.717) is 37.7 Å². The van der Waals surface area contributed by atoms with Crippen LogP contribution in [0.2, 0.25) is 0 Å². The first-order valence-electron chi connectivity index (χ1n) is 14.2. The molecule has 0 unspecified atom stereocenters. The van der Waals surface area contributed by atoms with Gasteiger partial charge in [0.1, 0.15) is 12.7 Å². The number of carbonyl (C=O) groups is 5. The lowest BCUT2D eigenvalue weighted by atomic mass is 9.98. The number of carbonyl (C=O) groups excluding carboxylic acids is 5. The van der Waals surface area contributed by atoms with Crippen LogP contribution in [0.15, 0.2) is 24.3 Å². The van der Waals surface area contributed by atoms with Gasteiger partial charge in [0.2, 0.25) is 11.8 Å². The van der Waals surface area contributed by atoms with Crippen LogP contribution in [0.5, 0.6) is 0 Å². The number of rotatable bonds is 17. The third-order valence-electron chi connectivity index (χ3n) is 6.53. The van der Waals surface area contributed by atoms with Crippen LogP contribution in [0, 0.1) is 0 Å². The van der Waals surface area contributed by atoms with Crippen LogP contribution in [0.4, 0.5) is 10.1 Å². The minimum absolute atomic E-state index is 0.0136. The van der Waals surface area contributed by atoms with Crippen molar-refractivity contribution in [1.82, 2.24) is 10.6 Å². The summed E-state index contributed by atoms with van der Waals surface area (Å²) in [7, 11) is 0. The van der Waals surface area contributed by atoms with Crippen LogP contribution >= 0.6 is 23.2 Å². The summed E-state index contributed by atoms with van der Waals surface area (Å²) in [4.78, 5) is 61.5. The van der Waals surface area contributed by atoms with Crippen molar-refractivity contribution in [2.24, 2.45) is 0 Å². The maximum atomic E-state index is 15.4. The molecule has 0 radical (unpaired) electrons. The smallest absolute Gasteiger partial charge is 0.303 e. The van der Waals surface area contributed by atoms with Crippen molar-refractivity contribution in [3.05, 3.63) is 29.8 Å². The summed E-state index contributed by atoms with van der Waals surface area (Å²) in [5.74, 6) is -2.26. The van der Waals surface area contributed by atoms with E-state index in [0.717, 1.165) is 32.0 Å². The number of nitrogens with one attached hydrogen (secondary N) is 2. The molecule has 2 rings (SSSR count). The van der Waals surface area contributed by atoms with Crippen LogP contribution < -0.4 is 15.5 Å². The first-order chi connectivity index (χ1) is 20.9. The van der Waals surface area contributed by atoms with Gasteiger partial charge in [0.05, 0.1) is 0 Å². The second kappa shape index (κ2) is 19.3. The Morgan fingerprint density at radius 3 is 2.07 bits per heavy atom. The molecule has 246 valence electrons. The molecule has 12 nitrogen and oxygen atoms in total. The van der Waals surface area contributed by atoms with E-state index < -0.39 is 61.1 Å². The second-order valence-electron chi connectivity index (χ2n) is 10.0. The first-order valence-corrected chi connectivity index (χ1v) is 15.3. The summed E-state index contributed by atoms with van der Waals surface area (Å²) >= 11 is 11.7. The van der Waals surface area contributed by atoms with E-state index >= 15 is 4.39 Å². The topological polar surface area (TPSA) is 150 Å². The van der Waals surface area contributed by atoms with Crippen molar-refractivity contribution in [3.63, 3.8) is 0 Å². The SMILES string of the molecule is CC(=O)OC[C@H]1O[C@@H](NC(=O)CCNC(=O)CCCc2ccc(N(CCCl)CCCl)cc2)[C@@H](F)[C@@H](OC(C)=O)[C@@H]1OC(C)=O. The zero-order valence-corrected chi connectivity index (χ0v) is 26.5. The number of halogens is 3. The Labute approximate surface area is 266 Å². The molecule has 0 aromatic heterocycles. The lowest BCUT2D eigenvalue weighted by Crippen LogP contribution is -2.64. The van der Waals surface area contributed by atoms with Crippen LogP contribution in [-0.2, 0) is 49.3 Å². The number of alkyl halides is 3. The number of esters is 3. The van der Waals surface area contributed by atoms with Gasteiger partial charge in [-0.1, -0.05) is 12.1 Å². The van der Waals surface area contributed by atoms with Gasteiger partial charge in [-0.25, -0.2) is 4.39 Å². The Hall–Kier alpha value is -3.16. The van der Waals surface area contributed by atoms with Crippen molar-refractivity contribution < 1.29 is 47.3 Å². The lowest BCUT2D eigenvalue weighted by Gasteiger charge is -2.42. The van der Waals surface area contributed by atoms with Gasteiger partial charge in [0.15, 0.2) is 24.6 Å². The van der Waals surface area contributed by atoms with E-state index in [-0.39, 0.29) is 25.3 Å². The molecular formula is C29H40Cl2FN3O9. The van der Waals surface area contributed by atoms with Crippen molar-refractivity contribution in [3.8, 4) is 0 Å². The van der Waals surface area contributed by atoms with E-state index in [4.69, 9.17) is 42.1 Å². The standard InChI is InChI=1S/C29H40Cl2FN3O9/c1-18(36)41-17-23-27(42-19(2)37)28(43-20(3)38)26(32)29(44-23)34-25(40)11-14-33-24(39)6-4-5-21-7-9-22(10-8-21)35(15-12-30)16-13-31/h7-10,23,26-29H,4-6,11-17H2,1-3H3,(H,33,39)(H,34,40)/t23-,26+,27-,28-,29-/m1/s1.